The summed E-state index contributed by atoms with van der Waals surface area (Å²) in [6.07, 6.45) is 2.01. The Morgan fingerprint density at radius 2 is 1.59 bits per heavy atom. The van der Waals surface area contributed by atoms with Gasteiger partial charge in [0.1, 0.15) is 11.4 Å². The van der Waals surface area contributed by atoms with Crippen LogP contribution in [0, 0.1) is 0 Å². The third-order valence-electron chi connectivity index (χ3n) is 4.94. The maximum absolute atomic E-state index is 13.4. The fraction of sp³-hybridized carbons (Fsp3) is 0.238. The molecule has 1 fully saturated rings. The van der Waals surface area contributed by atoms with Crippen LogP contribution in [-0.2, 0) is 9.59 Å². The molecule has 2 aromatic carbocycles. The van der Waals surface area contributed by atoms with Gasteiger partial charge < -0.3 is 9.64 Å². The van der Waals surface area contributed by atoms with Crippen LogP contribution in [0.2, 0.25) is 5.02 Å². The summed E-state index contributed by atoms with van der Waals surface area (Å²) < 4.78 is 5.38. The maximum Gasteiger partial charge on any atom is 0.282 e. The zero-order chi connectivity index (χ0) is 19.0. The Labute approximate surface area is 162 Å². The van der Waals surface area contributed by atoms with Crippen molar-refractivity contribution < 1.29 is 14.3 Å². The van der Waals surface area contributed by atoms with Crippen LogP contribution in [0.1, 0.15) is 18.4 Å². The number of carbonyl (C=O) groups excluding carboxylic acids is 2. The number of anilines is 1. The average molecular weight is 383 g/mol. The molecule has 0 bridgehead atoms. The minimum atomic E-state index is -0.339. The van der Waals surface area contributed by atoms with Crippen LogP contribution in [0.3, 0.4) is 0 Å². The highest BCUT2D eigenvalue weighted by atomic mass is 35.5. The van der Waals surface area contributed by atoms with Gasteiger partial charge in [-0.05, 0) is 42.7 Å². The molecule has 0 atom stereocenters. The Bertz CT molecular complexity index is 931. The van der Waals surface area contributed by atoms with Crippen LogP contribution < -0.4 is 9.64 Å². The molecule has 0 aliphatic carbocycles. The fourth-order valence-corrected chi connectivity index (χ4v) is 3.79. The summed E-state index contributed by atoms with van der Waals surface area (Å²) in [4.78, 5) is 29.9. The normalized spacial score (nSPS) is 17.3. The van der Waals surface area contributed by atoms with Crippen molar-refractivity contribution in [3.63, 3.8) is 0 Å². The SMILES string of the molecule is COc1ccccc1N1C(=O)C(c2ccc(Cl)cc2)=C(N2CCCC2)C1=O. The van der Waals surface area contributed by atoms with Crippen molar-refractivity contribution in [2.45, 2.75) is 12.8 Å². The molecule has 0 unspecified atom stereocenters. The van der Waals surface area contributed by atoms with Gasteiger partial charge in [-0.15, -0.1) is 0 Å². The number of benzene rings is 2. The molecule has 2 amide bonds. The number of rotatable bonds is 4. The highest BCUT2D eigenvalue weighted by Crippen LogP contribution is 2.39. The van der Waals surface area contributed by atoms with Gasteiger partial charge in [-0.3, -0.25) is 9.59 Å². The van der Waals surface area contributed by atoms with Crippen LogP contribution in [0.4, 0.5) is 5.69 Å². The minimum absolute atomic E-state index is 0.309. The summed E-state index contributed by atoms with van der Waals surface area (Å²) in [6, 6.07) is 14.1. The zero-order valence-electron chi connectivity index (χ0n) is 14.9. The molecule has 5 nitrogen and oxygen atoms in total. The summed E-state index contributed by atoms with van der Waals surface area (Å²) in [5.74, 6) is -0.164. The number of para-hydroxylation sites is 2. The first-order valence-electron chi connectivity index (χ1n) is 8.89. The van der Waals surface area contributed by atoms with Crippen molar-refractivity contribution in [3.8, 4) is 5.75 Å². The Morgan fingerprint density at radius 3 is 2.26 bits per heavy atom. The fourth-order valence-electron chi connectivity index (χ4n) is 3.66. The monoisotopic (exact) mass is 382 g/mol. The third kappa shape index (κ3) is 2.98. The average Bonchev–Trinajstić information content (AvgIpc) is 3.29. The van der Waals surface area contributed by atoms with Gasteiger partial charge in [0.05, 0.1) is 18.4 Å². The molecule has 6 heteroatoms. The van der Waals surface area contributed by atoms with E-state index in [0.29, 0.717) is 33.3 Å². The number of nitrogens with zero attached hydrogens (tertiary/aromatic N) is 2. The number of likely N-dealkylation sites (tertiary alicyclic amines) is 1. The first-order chi connectivity index (χ1) is 13.1. The predicted molar refractivity (Wildman–Crippen MR) is 105 cm³/mol. The van der Waals surface area contributed by atoms with Crippen molar-refractivity contribution in [1.82, 2.24) is 4.90 Å². The lowest BCUT2D eigenvalue weighted by atomic mass is 10.0. The smallest absolute Gasteiger partial charge is 0.282 e. The molecule has 4 rings (SSSR count). The van der Waals surface area contributed by atoms with Crippen molar-refractivity contribution in [1.29, 1.82) is 0 Å². The molecule has 1 saturated heterocycles. The molecule has 2 aliphatic rings. The number of amides is 2. The molecule has 0 aromatic heterocycles. The lowest BCUT2D eigenvalue weighted by molar-refractivity contribution is -0.120. The van der Waals surface area contributed by atoms with Crippen LogP contribution in [0.15, 0.2) is 54.2 Å². The van der Waals surface area contributed by atoms with Gasteiger partial charge in [0.25, 0.3) is 11.8 Å². The summed E-state index contributed by atoms with van der Waals surface area (Å²) >= 11 is 6.01. The first-order valence-corrected chi connectivity index (χ1v) is 9.26. The number of methoxy groups -OCH3 is 1. The second-order valence-corrected chi connectivity index (χ2v) is 6.98. The minimum Gasteiger partial charge on any atom is -0.495 e. The lowest BCUT2D eigenvalue weighted by Crippen LogP contribution is -2.34. The van der Waals surface area contributed by atoms with Gasteiger partial charge in [-0.2, -0.15) is 0 Å². The van der Waals surface area contributed by atoms with Gasteiger partial charge >= 0.3 is 0 Å². The van der Waals surface area contributed by atoms with E-state index in [1.165, 1.54) is 12.0 Å². The van der Waals surface area contributed by atoms with Crippen molar-refractivity contribution in [2.24, 2.45) is 0 Å². The van der Waals surface area contributed by atoms with Gasteiger partial charge in [0, 0.05) is 18.1 Å². The quantitative estimate of drug-likeness (QED) is 0.756. The van der Waals surface area contributed by atoms with Crippen LogP contribution in [0.25, 0.3) is 5.57 Å². The number of ether oxygens (including phenoxy) is 1. The molecule has 2 aliphatic heterocycles. The van der Waals surface area contributed by atoms with Crippen molar-refractivity contribution in [3.05, 3.63) is 64.8 Å². The zero-order valence-corrected chi connectivity index (χ0v) is 15.7. The molecular weight excluding hydrogens is 364 g/mol. The van der Waals surface area contributed by atoms with E-state index in [1.54, 1.807) is 42.5 Å². The molecule has 138 valence electrons. The van der Waals surface area contributed by atoms with Gasteiger partial charge in [0.2, 0.25) is 0 Å². The van der Waals surface area contributed by atoms with E-state index in [4.69, 9.17) is 16.3 Å². The number of imide groups is 1. The molecule has 0 spiro atoms. The highest BCUT2D eigenvalue weighted by Gasteiger charge is 2.43. The van der Waals surface area contributed by atoms with Crippen LogP contribution >= 0.6 is 11.6 Å². The molecule has 2 aromatic rings. The van der Waals surface area contributed by atoms with E-state index in [9.17, 15) is 9.59 Å². The standard InChI is InChI=1S/C21H19ClN2O3/c1-27-17-7-3-2-6-16(17)24-20(25)18(14-8-10-15(22)11-9-14)19(21(24)26)23-12-4-5-13-23/h2-3,6-11H,4-5,12-13H2,1H3. The Balaban J connectivity index is 1.85. The van der Waals surface area contributed by atoms with E-state index >= 15 is 0 Å². The number of hydrogen-bond acceptors (Lipinski definition) is 4. The summed E-state index contributed by atoms with van der Waals surface area (Å²) in [5, 5.41) is 0.584. The Morgan fingerprint density at radius 1 is 0.926 bits per heavy atom. The molecule has 0 N–H and O–H groups in total. The van der Waals surface area contributed by atoms with E-state index < -0.39 is 0 Å². The Kier molecular flexibility index (Phi) is 4.62. The summed E-state index contributed by atoms with van der Waals surface area (Å²) in [7, 11) is 1.53. The molecule has 0 saturated carbocycles. The molecule has 0 radical (unpaired) electrons. The van der Waals surface area contributed by atoms with E-state index in [-0.39, 0.29) is 11.8 Å². The summed E-state index contributed by atoms with van der Waals surface area (Å²) in [6.45, 7) is 1.54. The molecule has 27 heavy (non-hydrogen) atoms. The van der Waals surface area contributed by atoms with E-state index in [1.807, 2.05) is 11.0 Å². The number of carbonyl (C=O) groups is 2. The topological polar surface area (TPSA) is 49.9 Å². The summed E-state index contributed by atoms with van der Waals surface area (Å²) in [5.41, 5.74) is 2.03. The van der Waals surface area contributed by atoms with Crippen molar-refractivity contribution in [2.75, 3.05) is 25.1 Å². The largest absolute Gasteiger partial charge is 0.495 e. The van der Waals surface area contributed by atoms with E-state index in [2.05, 4.69) is 0 Å². The second-order valence-electron chi connectivity index (χ2n) is 6.54. The maximum atomic E-state index is 13.4. The van der Waals surface area contributed by atoms with Gasteiger partial charge in [0.15, 0.2) is 0 Å². The highest BCUT2D eigenvalue weighted by molar-refractivity contribution is 6.45. The Hall–Kier alpha value is -2.79. The molecular formula is C21H19ClN2O3. The van der Waals surface area contributed by atoms with E-state index in [0.717, 1.165) is 25.9 Å². The predicted octanol–water partition coefficient (Wildman–Crippen LogP) is 3.73. The number of hydrogen-bond donors (Lipinski definition) is 0. The van der Waals surface area contributed by atoms with Crippen LogP contribution in [0.5, 0.6) is 5.75 Å². The number of halogens is 1. The third-order valence-corrected chi connectivity index (χ3v) is 5.19. The second kappa shape index (κ2) is 7.08. The van der Waals surface area contributed by atoms with Crippen LogP contribution in [-0.4, -0.2) is 36.9 Å². The van der Waals surface area contributed by atoms with Gasteiger partial charge in [-0.1, -0.05) is 35.9 Å². The lowest BCUT2D eigenvalue weighted by Gasteiger charge is -2.21. The van der Waals surface area contributed by atoms with Gasteiger partial charge in [-0.25, -0.2) is 4.90 Å². The van der Waals surface area contributed by atoms with Crippen molar-refractivity contribution >= 4 is 34.7 Å². The first kappa shape index (κ1) is 17.6. The molecule has 2 heterocycles.